The van der Waals surface area contributed by atoms with E-state index in [9.17, 15) is 13.2 Å². The summed E-state index contributed by atoms with van der Waals surface area (Å²) in [4.78, 5) is 3.94. The number of hydrogen-bond donors (Lipinski definition) is 0. The van der Waals surface area contributed by atoms with Gasteiger partial charge in [-0.3, -0.25) is 0 Å². The zero-order valence-electron chi connectivity index (χ0n) is 7.66. The van der Waals surface area contributed by atoms with E-state index >= 15 is 0 Å². The van der Waals surface area contributed by atoms with Crippen LogP contribution in [0.5, 0.6) is 0 Å². The van der Waals surface area contributed by atoms with Gasteiger partial charge in [0.05, 0.1) is 9.77 Å². The minimum absolute atomic E-state index is 0.332. The van der Waals surface area contributed by atoms with Crippen molar-refractivity contribution in [1.82, 2.24) is 14.8 Å². The number of pyridine rings is 1. The molecule has 0 aromatic carbocycles. The van der Waals surface area contributed by atoms with Gasteiger partial charge < -0.3 is 0 Å². The van der Waals surface area contributed by atoms with Gasteiger partial charge in [0.25, 0.3) is 0 Å². The van der Waals surface area contributed by atoms with Gasteiger partial charge in [-0.25, -0.2) is 9.67 Å². The molecule has 2 aromatic rings. The number of rotatable bonds is 1. The van der Waals surface area contributed by atoms with Gasteiger partial charge in [0.1, 0.15) is 0 Å². The normalized spacial score (nSPS) is 11.8. The van der Waals surface area contributed by atoms with E-state index in [1.807, 2.05) is 22.6 Å². The maximum absolute atomic E-state index is 12.3. The molecular weight excluding hydrogens is 334 g/mol. The van der Waals surface area contributed by atoms with Crippen LogP contribution in [-0.2, 0) is 6.18 Å². The van der Waals surface area contributed by atoms with E-state index in [0.29, 0.717) is 9.39 Å². The summed E-state index contributed by atoms with van der Waals surface area (Å²) in [6.07, 6.45) is -0.582. The third-order valence-electron chi connectivity index (χ3n) is 1.76. The van der Waals surface area contributed by atoms with E-state index < -0.39 is 11.9 Å². The second-order valence-corrected chi connectivity index (χ2v) is 4.04. The molecule has 0 atom stereocenters. The second kappa shape index (κ2) is 4.04. The molecule has 0 aliphatic rings. The second-order valence-electron chi connectivity index (χ2n) is 2.88. The summed E-state index contributed by atoms with van der Waals surface area (Å²) in [6.45, 7) is 0. The molecule has 0 aliphatic heterocycles. The van der Waals surface area contributed by atoms with Crippen molar-refractivity contribution < 1.29 is 13.2 Å². The molecule has 1 radical (unpaired) electrons. The summed E-state index contributed by atoms with van der Waals surface area (Å²) in [5.41, 5.74) is -0.978. The average molecular weight is 338 g/mol. The van der Waals surface area contributed by atoms with Crippen LogP contribution in [0.4, 0.5) is 13.2 Å². The topological polar surface area (TPSA) is 30.7 Å². The molecule has 2 aromatic heterocycles. The molecule has 7 heteroatoms. The highest BCUT2D eigenvalue weighted by Crippen LogP contribution is 2.27. The number of halogens is 4. The van der Waals surface area contributed by atoms with Gasteiger partial charge in [0.2, 0.25) is 0 Å². The Balaban J connectivity index is 2.44. The molecular formula is C9H4F3IN3. The van der Waals surface area contributed by atoms with Crippen molar-refractivity contribution in [2.45, 2.75) is 6.18 Å². The lowest BCUT2D eigenvalue weighted by molar-refractivity contribution is -0.141. The molecule has 0 fully saturated rings. The number of nitrogens with zero attached hydrogens (tertiary/aromatic N) is 3. The third kappa shape index (κ3) is 2.18. The molecule has 0 amide bonds. The van der Waals surface area contributed by atoms with Crippen molar-refractivity contribution in [3.05, 3.63) is 39.9 Å². The van der Waals surface area contributed by atoms with Crippen molar-refractivity contribution in [2.75, 3.05) is 0 Å². The molecule has 0 aliphatic carbocycles. The third-order valence-corrected chi connectivity index (χ3v) is 2.60. The standard InChI is InChI=1S/C9H4F3IN3/c10-9(11,12)7-3-5-16(15-7)8-6(13)2-1-4-14-8/h1-4H. The number of hydrogen-bond acceptors (Lipinski definition) is 2. The van der Waals surface area contributed by atoms with Crippen LogP contribution in [-0.4, -0.2) is 14.8 Å². The van der Waals surface area contributed by atoms with Crippen LogP contribution < -0.4 is 0 Å². The lowest BCUT2D eigenvalue weighted by Gasteiger charge is -2.03. The number of aromatic nitrogens is 3. The smallest absolute Gasteiger partial charge is 0.236 e. The molecule has 0 saturated heterocycles. The summed E-state index contributed by atoms with van der Waals surface area (Å²) in [7, 11) is 0. The van der Waals surface area contributed by atoms with Crippen molar-refractivity contribution in [1.29, 1.82) is 0 Å². The zero-order valence-corrected chi connectivity index (χ0v) is 9.82. The van der Waals surface area contributed by atoms with Crippen LogP contribution in [0.1, 0.15) is 5.69 Å². The van der Waals surface area contributed by atoms with E-state index in [0.717, 1.165) is 10.7 Å². The Kier molecular flexibility index (Phi) is 2.87. The van der Waals surface area contributed by atoms with Crippen molar-refractivity contribution >= 4 is 22.6 Å². The summed E-state index contributed by atoms with van der Waals surface area (Å²) < 4.78 is 38.6. The van der Waals surface area contributed by atoms with E-state index in [-0.39, 0.29) is 0 Å². The lowest BCUT2D eigenvalue weighted by Crippen LogP contribution is -2.08. The SMILES string of the molecule is FC(F)(F)c1c[c]n(-c2ncccc2I)n1. The van der Waals surface area contributed by atoms with Gasteiger partial charge in [-0.2, -0.15) is 18.3 Å². The molecule has 0 unspecified atom stereocenters. The van der Waals surface area contributed by atoms with Gasteiger partial charge >= 0.3 is 6.18 Å². The molecule has 83 valence electrons. The predicted octanol–water partition coefficient (Wildman–Crippen LogP) is 2.69. The van der Waals surface area contributed by atoms with E-state index in [1.165, 1.54) is 6.20 Å². The molecule has 3 nitrogen and oxygen atoms in total. The first-order valence-corrected chi connectivity index (χ1v) is 5.22. The first-order chi connectivity index (χ1) is 7.48. The summed E-state index contributed by atoms with van der Waals surface area (Å²) in [5.74, 6) is 0.332. The van der Waals surface area contributed by atoms with Gasteiger partial charge in [0, 0.05) is 6.20 Å². The Labute approximate surface area is 102 Å². The summed E-state index contributed by atoms with van der Waals surface area (Å²) in [5, 5.41) is 3.38. The molecule has 16 heavy (non-hydrogen) atoms. The highest BCUT2D eigenvalue weighted by Gasteiger charge is 2.34. The van der Waals surface area contributed by atoms with E-state index in [2.05, 4.69) is 16.3 Å². The highest BCUT2D eigenvalue weighted by atomic mass is 127. The molecule has 0 saturated carbocycles. The fraction of sp³-hybridized carbons (Fsp3) is 0.111. The fourth-order valence-corrected chi connectivity index (χ4v) is 1.64. The zero-order chi connectivity index (χ0) is 11.8. The van der Waals surface area contributed by atoms with E-state index in [4.69, 9.17) is 0 Å². The fourth-order valence-electron chi connectivity index (χ4n) is 1.07. The first kappa shape index (κ1) is 11.4. The molecule has 0 N–H and O–H groups in total. The van der Waals surface area contributed by atoms with Crippen molar-refractivity contribution in [3.63, 3.8) is 0 Å². The van der Waals surface area contributed by atoms with Gasteiger partial charge in [0.15, 0.2) is 11.5 Å². The predicted molar refractivity (Wildman–Crippen MR) is 57.9 cm³/mol. The number of alkyl halides is 3. The Morgan fingerprint density at radius 1 is 1.38 bits per heavy atom. The minimum atomic E-state index is -4.46. The molecule has 2 heterocycles. The van der Waals surface area contributed by atoms with Crippen LogP contribution in [0, 0.1) is 9.77 Å². The maximum atomic E-state index is 12.3. The average Bonchev–Trinajstić information content (AvgIpc) is 2.66. The van der Waals surface area contributed by atoms with Gasteiger partial charge in [-0.05, 0) is 40.8 Å². The summed E-state index contributed by atoms with van der Waals surface area (Å²) in [6, 6.07) is 4.22. The van der Waals surface area contributed by atoms with Gasteiger partial charge in [-0.15, -0.1) is 0 Å². The van der Waals surface area contributed by atoms with E-state index in [1.54, 1.807) is 12.1 Å². The van der Waals surface area contributed by atoms with Crippen LogP contribution in [0.3, 0.4) is 0 Å². The maximum Gasteiger partial charge on any atom is 0.435 e. The monoisotopic (exact) mass is 338 g/mol. The Hall–Kier alpha value is -1.12. The summed E-state index contributed by atoms with van der Waals surface area (Å²) >= 11 is 1.97. The lowest BCUT2D eigenvalue weighted by atomic mass is 10.4. The largest absolute Gasteiger partial charge is 0.435 e. The van der Waals surface area contributed by atoms with Crippen LogP contribution in [0.15, 0.2) is 24.4 Å². The Morgan fingerprint density at radius 3 is 2.69 bits per heavy atom. The quantitative estimate of drug-likeness (QED) is 0.749. The van der Waals surface area contributed by atoms with Crippen LogP contribution in [0.2, 0.25) is 0 Å². The van der Waals surface area contributed by atoms with Gasteiger partial charge in [-0.1, -0.05) is 0 Å². The van der Waals surface area contributed by atoms with Crippen LogP contribution in [0.25, 0.3) is 5.82 Å². The van der Waals surface area contributed by atoms with Crippen molar-refractivity contribution in [2.24, 2.45) is 0 Å². The van der Waals surface area contributed by atoms with Crippen molar-refractivity contribution in [3.8, 4) is 5.82 Å². The highest BCUT2D eigenvalue weighted by molar-refractivity contribution is 14.1. The minimum Gasteiger partial charge on any atom is -0.236 e. The molecule has 2 rings (SSSR count). The first-order valence-electron chi connectivity index (χ1n) is 4.14. The Bertz CT molecular complexity index is 507. The molecule has 0 bridgehead atoms. The Morgan fingerprint density at radius 2 is 2.12 bits per heavy atom. The van der Waals surface area contributed by atoms with Crippen LogP contribution >= 0.6 is 22.6 Å². The molecule has 0 spiro atoms.